The molecule has 0 aliphatic heterocycles. The van der Waals surface area contributed by atoms with Gasteiger partial charge in [0.1, 0.15) is 0 Å². The summed E-state index contributed by atoms with van der Waals surface area (Å²) in [5, 5.41) is 18.0. The van der Waals surface area contributed by atoms with Crippen molar-refractivity contribution < 1.29 is 4.79 Å². The number of urea groups is 1. The highest BCUT2D eigenvalue weighted by atomic mass is 16.2. The van der Waals surface area contributed by atoms with Crippen molar-refractivity contribution in [1.29, 1.82) is 10.5 Å². The van der Waals surface area contributed by atoms with Crippen LogP contribution in [0.15, 0.2) is 0 Å². The minimum Gasteiger partial charge on any atom is -0.246 e. The molecule has 0 heterocycles. The molecule has 0 aliphatic rings. The highest BCUT2D eigenvalue weighted by Crippen LogP contribution is 1.83. The van der Waals surface area contributed by atoms with Crippen LogP contribution in [0.3, 0.4) is 0 Å². The van der Waals surface area contributed by atoms with Crippen molar-refractivity contribution in [3.8, 4) is 12.4 Å². The smallest absolute Gasteiger partial charge is 0.246 e. The summed E-state index contributed by atoms with van der Waals surface area (Å²) in [6.45, 7) is 1.91. The molecule has 10 heavy (non-hydrogen) atoms. The molecule has 0 unspecified atom stereocenters. The molecule has 0 spiro atoms. The van der Waals surface area contributed by atoms with Crippen molar-refractivity contribution in [2.45, 2.75) is 6.92 Å². The summed E-state index contributed by atoms with van der Waals surface area (Å²) >= 11 is 0. The van der Waals surface area contributed by atoms with Gasteiger partial charge in [0.05, 0.1) is 0 Å². The Morgan fingerprint density at radius 3 is 2.60 bits per heavy atom. The number of hydrogen-bond donors (Lipinski definition) is 1. The molecule has 0 radical (unpaired) electrons. The van der Waals surface area contributed by atoms with E-state index in [4.69, 9.17) is 10.5 Å². The molecule has 1 N–H and O–H groups in total. The highest BCUT2D eigenvalue weighted by molar-refractivity contribution is 5.77. The normalized spacial score (nSPS) is 7.10. The SMILES string of the molecule is CCN(C#N)C(=O)NC#N. The van der Waals surface area contributed by atoms with E-state index in [2.05, 4.69) is 0 Å². The lowest BCUT2D eigenvalue weighted by atomic mass is 10.6. The molecule has 2 amide bonds. The minimum absolute atomic E-state index is 0.268. The number of amides is 2. The molecule has 0 aliphatic carbocycles. The standard InChI is InChI=1S/C5H6N4O/c1-2-9(4-7)5(10)8-3-6/h2H2,1H3,(H,8,10). The van der Waals surface area contributed by atoms with E-state index in [1.165, 1.54) is 6.19 Å². The van der Waals surface area contributed by atoms with Crippen molar-refractivity contribution in [2.24, 2.45) is 0 Å². The predicted octanol–water partition coefficient (Wildman–Crippen LogP) is -0.0199. The second-order valence-corrected chi connectivity index (χ2v) is 1.39. The summed E-state index contributed by atoms with van der Waals surface area (Å²) in [5.41, 5.74) is 0. The molecule has 0 atom stereocenters. The molecule has 0 aromatic rings. The second kappa shape index (κ2) is 4.16. The van der Waals surface area contributed by atoms with Gasteiger partial charge in [-0.3, -0.25) is 0 Å². The zero-order valence-electron chi connectivity index (χ0n) is 5.46. The van der Waals surface area contributed by atoms with Crippen LogP contribution in [-0.4, -0.2) is 17.5 Å². The largest absolute Gasteiger partial charge is 0.343 e. The van der Waals surface area contributed by atoms with E-state index in [1.807, 2.05) is 5.32 Å². The average Bonchev–Trinajstić information content (AvgIpc) is 1.91. The number of hydrogen-bond acceptors (Lipinski definition) is 3. The molecule has 0 fully saturated rings. The monoisotopic (exact) mass is 138 g/mol. The van der Waals surface area contributed by atoms with Gasteiger partial charge in [-0.05, 0) is 6.92 Å². The summed E-state index contributed by atoms with van der Waals surface area (Å²) in [6.07, 6.45) is 3.03. The maximum atomic E-state index is 10.6. The molecular weight excluding hydrogens is 132 g/mol. The van der Waals surface area contributed by atoms with Gasteiger partial charge in [0.25, 0.3) is 0 Å². The first-order valence-corrected chi connectivity index (χ1v) is 2.62. The molecule has 5 nitrogen and oxygen atoms in total. The van der Waals surface area contributed by atoms with Gasteiger partial charge in [0, 0.05) is 6.54 Å². The number of nitrogens with zero attached hydrogens (tertiary/aromatic N) is 3. The first kappa shape index (κ1) is 8.25. The summed E-state index contributed by atoms with van der Waals surface area (Å²) < 4.78 is 0. The van der Waals surface area contributed by atoms with E-state index < -0.39 is 6.03 Å². The summed E-state index contributed by atoms with van der Waals surface area (Å²) in [6, 6.07) is -0.687. The topological polar surface area (TPSA) is 79.9 Å². The molecule has 0 rings (SSSR count). The number of carbonyl (C=O) groups excluding carboxylic acids is 1. The summed E-state index contributed by atoms with van der Waals surface area (Å²) in [5.74, 6) is 0. The Morgan fingerprint density at radius 1 is 1.70 bits per heavy atom. The van der Waals surface area contributed by atoms with Crippen molar-refractivity contribution in [1.82, 2.24) is 10.2 Å². The van der Waals surface area contributed by atoms with Crippen molar-refractivity contribution >= 4 is 6.03 Å². The second-order valence-electron chi connectivity index (χ2n) is 1.39. The van der Waals surface area contributed by atoms with Gasteiger partial charge in [0.15, 0.2) is 12.4 Å². The molecule has 0 bridgehead atoms. The number of rotatable bonds is 1. The van der Waals surface area contributed by atoms with Gasteiger partial charge in [-0.25, -0.2) is 15.0 Å². The predicted molar refractivity (Wildman–Crippen MR) is 32.1 cm³/mol. The Hall–Kier alpha value is -1.75. The summed E-state index contributed by atoms with van der Waals surface area (Å²) in [7, 11) is 0. The van der Waals surface area contributed by atoms with E-state index >= 15 is 0 Å². The van der Waals surface area contributed by atoms with Crippen LogP contribution in [0, 0.1) is 22.9 Å². The fraction of sp³-hybridized carbons (Fsp3) is 0.400. The van der Waals surface area contributed by atoms with E-state index in [1.54, 1.807) is 13.1 Å². The average molecular weight is 138 g/mol. The lowest BCUT2D eigenvalue weighted by molar-refractivity contribution is 0.223. The van der Waals surface area contributed by atoms with Crippen LogP contribution in [0.1, 0.15) is 6.92 Å². The van der Waals surface area contributed by atoms with Crippen LogP contribution in [-0.2, 0) is 0 Å². The third-order valence-electron chi connectivity index (χ3n) is 0.845. The molecule has 0 aromatic carbocycles. The third kappa shape index (κ3) is 2.01. The van der Waals surface area contributed by atoms with Crippen LogP contribution >= 0.6 is 0 Å². The van der Waals surface area contributed by atoms with E-state index in [9.17, 15) is 4.79 Å². The Kier molecular flexibility index (Phi) is 3.43. The van der Waals surface area contributed by atoms with Crippen molar-refractivity contribution in [2.75, 3.05) is 6.54 Å². The Balaban J connectivity index is 3.96. The maximum absolute atomic E-state index is 10.6. The van der Waals surface area contributed by atoms with Crippen molar-refractivity contribution in [3.63, 3.8) is 0 Å². The van der Waals surface area contributed by atoms with Crippen molar-refractivity contribution in [3.05, 3.63) is 0 Å². The van der Waals surface area contributed by atoms with Gasteiger partial charge in [-0.15, -0.1) is 0 Å². The van der Waals surface area contributed by atoms with Crippen LogP contribution < -0.4 is 5.32 Å². The Bertz CT molecular complexity index is 199. The Labute approximate surface area is 58.5 Å². The van der Waals surface area contributed by atoms with Crippen LogP contribution in [0.4, 0.5) is 4.79 Å². The lowest BCUT2D eigenvalue weighted by Crippen LogP contribution is -2.33. The zero-order chi connectivity index (χ0) is 7.98. The molecule has 5 heteroatoms. The number of nitrogens with one attached hydrogen (secondary N) is 1. The van der Waals surface area contributed by atoms with Crippen LogP contribution in [0.5, 0.6) is 0 Å². The Morgan fingerprint density at radius 2 is 2.30 bits per heavy atom. The highest BCUT2D eigenvalue weighted by Gasteiger charge is 2.07. The summed E-state index contributed by atoms with van der Waals surface area (Å²) in [4.78, 5) is 11.4. The van der Waals surface area contributed by atoms with Gasteiger partial charge in [-0.2, -0.15) is 10.5 Å². The first-order valence-electron chi connectivity index (χ1n) is 2.62. The van der Waals surface area contributed by atoms with E-state index in [-0.39, 0.29) is 6.54 Å². The fourth-order valence-corrected chi connectivity index (χ4v) is 0.375. The van der Waals surface area contributed by atoms with E-state index in [0.29, 0.717) is 0 Å². The van der Waals surface area contributed by atoms with Gasteiger partial charge in [0.2, 0.25) is 0 Å². The molecule has 0 saturated heterocycles. The molecule has 0 saturated carbocycles. The first-order chi connectivity index (χ1) is 4.76. The molecular formula is C5H6N4O. The molecule has 0 aromatic heterocycles. The van der Waals surface area contributed by atoms with Gasteiger partial charge < -0.3 is 0 Å². The minimum atomic E-state index is -0.687. The number of carbonyl (C=O) groups is 1. The number of nitriles is 2. The maximum Gasteiger partial charge on any atom is 0.343 e. The van der Waals surface area contributed by atoms with Crippen LogP contribution in [0.2, 0.25) is 0 Å². The quantitative estimate of drug-likeness (QED) is 0.408. The molecule has 52 valence electrons. The fourth-order valence-electron chi connectivity index (χ4n) is 0.375. The van der Waals surface area contributed by atoms with Gasteiger partial charge >= 0.3 is 6.03 Å². The van der Waals surface area contributed by atoms with Gasteiger partial charge in [-0.1, -0.05) is 0 Å². The van der Waals surface area contributed by atoms with Crippen LogP contribution in [0.25, 0.3) is 0 Å². The van der Waals surface area contributed by atoms with E-state index in [0.717, 1.165) is 4.90 Å². The lowest BCUT2D eigenvalue weighted by Gasteiger charge is -2.06. The zero-order valence-corrected chi connectivity index (χ0v) is 5.46. The third-order valence-corrected chi connectivity index (χ3v) is 0.845.